The van der Waals surface area contributed by atoms with E-state index in [-0.39, 0.29) is 17.4 Å². The van der Waals surface area contributed by atoms with Gasteiger partial charge in [-0.15, -0.1) is 0 Å². The van der Waals surface area contributed by atoms with Crippen molar-refractivity contribution in [3.63, 3.8) is 0 Å². The zero-order chi connectivity index (χ0) is 15.5. The molecule has 0 aliphatic rings. The Kier molecular flexibility index (Phi) is 3.62. The van der Waals surface area contributed by atoms with Crippen molar-refractivity contribution in [1.29, 1.82) is 0 Å². The lowest BCUT2D eigenvalue weighted by Crippen LogP contribution is -1.83. The van der Waals surface area contributed by atoms with E-state index < -0.39 is 0 Å². The van der Waals surface area contributed by atoms with E-state index in [1.807, 2.05) is 31.2 Å². The van der Waals surface area contributed by atoms with Crippen molar-refractivity contribution in [2.45, 2.75) is 6.92 Å². The Hall–Kier alpha value is -3.08. The first-order valence-electron chi connectivity index (χ1n) is 6.72. The topological polar surface area (TPSA) is 78.9 Å². The van der Waals surface area contributed by atoms with Crippen LogP contribution in [0.4, 0.5) is 5.69 Å². The molecule has 3 rings (SSSR count). The number of aromatic nitrogens is 1. The number of oxazole rings is 1. The zero-order valence-electron chi connectivity index (χ0n) is 11.9. The van der Waals surface area contributed by atoms with Gasteiger partial charge in [0.1, 0.15) is 5.75 Å². The molecule has 0 bridgehead atoms. The summed E-state index contributed by atoms with van der Waals surface area (Å²) >= 11 is 0. The van der Waals surface area contributed by atoms with Gasteiger partial charge < -0.3 is 14.6 Å². The first kappa shape index (κ1) is 13.9. The molecule has 0 atom stereocenters. The highest BCUT2D eigenvalue weighted by molar-refractivity contribution is 5.82. The summed E-state index contributed by atoms with van der Waals surface area (Å²) in [5.74, 6) is 0.229. The molecule has 5 heteroatoms. The average Bonchev–Trinajstić information content (AvgIpc) is 2.88. The van der Waals surface area contributed by atoms with Crippen molar-refractivity contribution < 1.29 is 14.6 Å². The van der Waals surface area contributed by atoms with Gasteiger partial charge in [-0.05, 0) is 43.3 Å². The zero-order valence-corrected chi connectivity index (χ0v) is 11.9. The Balaban J connectivity index is 1.86. The molecule has 0 aliphatic heterocycles. The van der Waals surface area contributed by atoms with Crippen LogP contribution < -0.4 is 0 Å². The first-order chi connectivity index (χ1) is 10.6. The van der Waals surface area contributed by atoms with Gasteiger partial charge in [-0.25, -0.2) is 4.98 Å². The number of nitrogens with zero attached hydrogens (tertiary/aromatic N) is 2. The van der Waals surface area contributed by atoms with E-state index in [0.29, 0.717) is 11.6 Å². The van der Waals surface area contributed by atoms with E-state index in [9.17, 15) is 10.2 Å². The molecule has 2 aromatic carbocycles. The Morgan fingerprint density at radius 2 is 1.68 bits per heavy atom. The minimum atomic E-state index is -0.280. The maximum atomic E-state index is 9.81. The van der Waals surface area contributed by atoms with Crippen LogP contribution in [-0.4, -0.2) is 21.4 Å². The van der Waals surface area contributed by atoms with Crippen LogP contribution in [0.2, 0.25) is 0 Å². The Labute approximate surface area is 127 Å². The van der Waals surface area contributed by atoms with Crippen LogP contribution in [0.5, 0.6) is 11.7 Å². The summed E-state index contributed by atoms with van der Waals surface area (Å²) in [5.41, 5.74) is 2.81. The minimum absolute atomic E-state index is 0.171. The highest BCUT2D eigenvalue weighted by Crippen LogP contribution is 2.26. The third-order valence-electron chi connectivity index (χ3n) is 3.12. The van der Waals surface area contributed by atoms with Gasteiger partial charge in [-0.2, -0.15) is 0 Å². The summed E-state index contributed by atoms with van der Waals surface area (Å²) in [5, 5.41) is 19.0. The Morgan fingerprint density at radius 3 is 2.36 bits per heavy atom. The average molecular weight is 294 g/mol. The molecule has 0 fully saturated rings. The van der Waals surface area contributed by atoms with Gasteiger partial charge in [0.2, 0.25) is 5.89 Å². The van der Waals surface area contributed by atoms with E-state index in [1.165, 1.54) is 18.3 Å². The summed E-state index contributed by atoms with van der Waals surface area (Å²) < 4.78 is 5.26. The van der Waals surface area contributed by atoms with Crippen LogP contribution in [0.1, 0.15) is 11.3 Å². The SMILES string of the molecule is Cc1ccc(-c2nc(C=Nc3ccc(O)cc3)c(O)o2)cc1. The van der Waals surface area contributed by atoms with E-state index in [2.05, 4.69) is 9.98 Å². The van der Waals surface area contributed by atoms with Crippen molar-refractivity contribution in [2.24, 2.45) is 4.99 Å². The summed E-state index contributed by atoms with van der Waals surface area (Å²) in [7, 11) is 0. The lowest BCUT2D eigenvalue weighted by Gasteiger charge is -1.95. The molecule has 22 heavy (non-hydrogen) atoms. The molecule has 1 heterocycles. The van der Waals surface area contributed by atoms with Gasteiger partial charge in [-0.1, -0.05) is 17.7 Å². The van der Waals surface area contributed by atoms with Gasteiger partial charge >= 0.3 is 5.95 Å². The first-order valence-corrected chi connectivity index (χ1v) is 6.72. The second-order valence-electron chi connectivity index (χ2n) is 4.85. The lowest BCUT2D eigenvalue weighted by molar-refractivity contribution is 0.337. The molecule has 3 aromatic rings. The summed E-state index contributed by atoms with van der Waals surface area (Å²) in [6.45, 7) is 1.99. The van der Waals surface area contributed by atoms with Crippen LogP contribution in [0.15, 0.2) is 57.9 Å². The number of aliphatic imine (C=N–C) groups is 1. The van der Waals surface area contributed by atoms with E-state index >= 15 is 0 Å². The Morgan fingerprint density at radius 1 is 1.00 bits per heavy atom. The van der Waals surface area contributed by atoms with Crippen molar-refractivity contribution in [3.05, 3.63) is 59.8 Å². The second kappa shape index (κ2) is 5.73. The van der Waals surface area contributed by atoms with Crippen molar-refractivity contribution in [2.75, 3.05) is 0 Å². The van der Waals surface area contributed by atoms with Crippen LogP contribution in [-0.2, 0) is 0 Å². The number of aryl methyl sites for hydroxylation is 1. The third kappa shape index (κ3) is 2.98. The van der Waals surface area contributed by atoms with Gasteiger partial charge in [0, 0.05) is 5.56 Å². The molecule has 2 N–H and O–H groups in total. The fourth-order valence-electron chi connectivity index (χ4n) is 1.90. The van der Waals surface area contributed by atoms with E-state index in [4.69, 9.17) is 4.42 Å². The van der Waals surface area contributed by atoms with Crippen molar-refractivity contribution in [3.8, 4) is 23.1 Å². The molecule has 0 amide bonds. The smallest absolute Gasteiger partial charge is 0.312 e. The number of hydrogen-bond donors (Lipinski definition) is 2. The number of phenolic OH excluding ortho intramolecular Hbond substituents is 1. The standard InChI is InChI=1S/C17H14N2O3/c1-11-2-4-12(5-3-11)16-19-15(17(21)22-16)10-18-13-6-8-14(20)9-7-13/h2-10,20-21H,1H3. The van der Waals surface area contributed by atoms with Crippen LogP contribution >= 0.6 is 0 Å². The molecule has 0 saturated carbocycles. The van der Waals surface area contributed by atoms with Gasteiger partial charge in [-0.3, -0.25) is 4.99 Å². The molecular formula is C17H14N2O3. The largest absolute Gasteiger partial charge is 0.508 e. The normalized spacial score (nSPS) is 11.1. The van der Waals surface area contributed by atoms with Crippen molar-refractivity contribution in [1.82, 2.24) is 4.98 Å². The molecule has 1 aromatic heterocycles. The van der Waals surface area contributed by atoms with Gasteiger partial charge in [0.05, 0.1) is 11.9 Å². The fourth-order valence-corrected chi connectivity index (χ4v) is 1.90. The predicted octanol–water partition coefficient (Wildman–Crippen LogP) is 3.81. The lowest BCUT2D eigenvalue weighted by atomic mass is 10.1. The molecule has 110 valence electrons. The molecule has 0 radical (unpaired) electrons. The maximum absolute atomic E-state index is 9.81. The van der Waals surface area contributed by atoms with Crippen LogP contribution in [0, 0.1) is 6.92 Å². The molecular weight excluding hydrogens is 280 g/mol. The maximum Gasteiger partial charge on any atom is 0.312 e. The highest BCUT2D eigenvalue weighted by Gasteiger charge is 2.12. The molecule has 0 spiro atoms. The fraction of sp³-hybridized carbons (Fsp3) is 0.0588. The third-order valence-corrected chi connectivity index (χ3v) is 3.12. The van der Waals surface area contributed by atoms with Crippen molar-refractivity contribution >= 4 is 11.9 Å². The summed E-state index contributed by atoms with van der Waals surface area (Å²) in [6.07, 6.45) is 1.42. The number of aromatic hydroxyl groups is 2. The Bertz CT molecular complexity index is 803. The molecule has 0 unspecified atom stereocenters. The second-order valence-corrected chi connectivity index (χ2v) is 4.85. The van der Waals surface area contributed by atoms with Gasteiger partial charge in [0.15, 0.2) is 5.69 Å². The summed E-state index contributed by atoms with van der Waals surface area (Å²) in [4.78, 5) is 8.41. The van der Waals surface area contributed by atoms with E-state index in [1.54, 1.807) is 12.1 Å². The van der Waals surface area contributed by atoms with Crippen LogP contribution in [0.25, 0.3) is 11.5 Å². The monoisotopic (exact) mass is 294 g/mol. The van der Waals surface area contributed by atoms with Gasteiger partial charge in [0.25, 0.3) is 0 Å². The number of rotatable bonds is 3. The molecule has 0 saturated heterocycles. The number of phenols is 1. The number of hydrogen-bond acceptors (Lipinski definition) is 5. The quantitative estimate of drug-likeness (QED) is 0.720. The predicted molar refractivity (Wildman–Crippen MR) is 83.7 cm³/mol. The minimum Gasteiger partial charge on any atom is -0.508 e. The van der Waals surface area contributed by atoms with E-state index in [0.717, 1.165) is 11.1 Å². The molecule has 5 nitrogen and oxygen atoms in total. The number of benzene rings is 2. The molecule has 0 aliphatic carbocycles. The van der Waals surface area contributed by atoms with Crippen LogP contribution in [0.3, 0.4) is 0 Å². The summed E-state index contributed by atoms with van der Waals surface area (Å²) in [6, 6.07) is 14.0. The highest BCUT2D eigenvalue weighted by atomic mass is 16.5.